The summed E-state index contributed by atoms with van der Waals surface area (Å²) in [6, 6.07) is 2.82. The molecule has 0 aromatic carbocycles. The highest BCUT2D eigenvalue weighted by Gasteiger charge is 2.47. The van der Waals surface area contributed by atoms with Crippen LogP contribution in [0.1, 0.15) is 31.2 Å². The first-order chi connectivity index (χ1) is 14.4. The third kappa shape index (κ3) is 3.66. The average molecular weight is 415 g/mol. The minimum Gasteiger partial charge on any atom is -0.386 e. The Morgan fingerprint density at radius 2 is 1.97 bits per heavy atom. The van der Waals surface area contributed by atoms with Crippen LogP contribution in [-0.2, 0) is 0 Å². The summed E-state index contributed by atoms with van der Waals surface area (Å²) >= 11 is 0. The number of nitrogens with zero attached hydrogens (tertiary/aromatic N) is 5. The molecular formula is C21H27F2N7. The average Bonchev–Trinajstić information content (AvgIpc) is 3.46. The third-order valence-electron chi connectivity index (χ3n) is 6.29. The molecule has 2 saturated heterocycles. The second-order valence-corrected chi connectivity index (χ2v) is 8.73. The predicted octanol–water partition coefficient (Wildman–Crippen LogP) is 2.86. The molecule has 160 valence electrons. The van der Waals surface area contributed by atoms with E-state index in [4.69, 9.17) is 10.4 Å². The Kier molecular flexibility index (Phi) is 4.72. The van der Waals surface area contributed by atoms with Gasteiger partial charge in [0.15, 0.2) is 5.65 Å². The summed E-state index contributed by atoms with van der Waals surface area (Å²) in [7, 11) is 0. The number of likely N-dealkylation sites (tertiary alicyclic amines) is 1. The summed E-state index contributed by atoms with van der Waals surface area (Å²) in [5, 5.41) is 16.5. The van der Waals surface area contributed by atoms with Gasteiger partial charge < -0.3 is 15.6 Å². The molecule has 7 nitrogen and oxygen atoms in total. The SMILES string of the molecule is Cc1cc2cnn(/C(C=N)=C/NC3CC3)c2nc1N1CCC(N2CC(F)(F)C2)CC1. The molecule has 3 fully saturated rings. The van der Waals surface area contributed by atoms with Crippen molar-refractivity contribution in [2.75, 3.05) is 31.1 Å². The molecule has 0 radical (unpaired) electrons. The smallest absolute Gasteiger partial charge is 0.272 e. The molecule has 0 unspecified atom stereocenters. The van der Waals surface area contributed by atoms with Crippen molar-refractivity contribution in [3.63, 3.8) is 0 Å². The molecule has 0 spiro atoms. The number of hydrogen-bond donors (Lipinski definition) is 2. The number of aromatic nitrogens is 3. The monoisotopic (exact) mass is 415 g/mol. The molecule has 2 aromatic rings. The molecule has 9 heteroatoms. The Labute approximate surface area is 174 Å². The Balaban J connectivity index is 1.35. The summed E-state index contributed by atoms with van der Waals surface area (Å²) in [4.78, 5) is 9.07. The van der Waals surface area contributed by atoms with Crippen LogP contribution in [0.3, 0.4) is 0 Å². The maximum Gasteiger partial charge on any atom is 0.272 e. The number of hydrogen-bond acceptors (Lipinski definition) is 6. The number of pyridine rings is 1. The molecule has 0 bridgehead atoms. The fraction of sp³-hybridized carbons (Fsp3) is 0.571. The first-order valence-corrected chi connectivity index (χ1v) is 10.6. The van der Waals surface area contributed by atoms with Crippen molar-refractivity contribution in [2.45, 2.75) is 50.6 Å². The quantitative estimate of drug-likeness (QED) is 0.710. The molecular weight excluding hydrogens is 388 g/mol. The van der Waals surface area contributed by atoms with Gasteiger partial charge in [-0.2, -0.15) is 5.10 Å². The van der Waals surface area contributed by atoms with Crippen molar-refractivity contribution in [3.8, 4) is 0 Å². The van der Waals surface area contributed by atoms with E-state index in [0.717, 1.165) is 61.2 Å². The molecule has 2 N–H and O–H groups in total. The van der Waals surface area contributed by atoms with Gasteiger partial charge in [-0.3, -0.25) is 4.90 Å². The van der Waals surface area contributed by atoms with Gasteiger partial charge in [-0.1, -0.05) is 0 Å². The molecule has 30 heavy (non-hydrogen) atoms. The van der Waals surface area contributed by atoms with E-state index in [1.807, 2.05) is 18.0 Å². The number of alkyl halides is 2. The summed E-state index contributed by atoms with van der Waals surface area (Å²) in [5.41, 5.74) is 2.46. The van der Waals surface area contributed by atoms with Gasteiger partial charge in [-0.25, -0.2) is 18.4 Å². The van der Waals surface area contributed by atoms with Crippen LogP contribution in [0.5, 0.6) is 0 Å². The Bertz CT molecular complexity index is 979. The van der Waals surface area contributed by atoms with Gasteiger partial charge in [0.2, 0.25) is 0 Å². The Morgan fingerprint density at radius 1 is 1.23 bits per heavy atom. The molecule has 2 aromatic heterocycles. The molecule has 2 aliphatic heterocycles. The molecule has 0 amide bonds. The van der Waals surface area contributed by atoms with Gasteiger partial charge in [0.05, 0.1) is 19.3 Å². The summed E-state index contributed by atoms with van der Waals surface area (Å²) in [6.07, 6.45) is 8.97. The van der Waals surface area contributed by atoms with Crippen LogP contribution < -0.4 is 10.2 Å². The number of anilines is 1. The highest BCUT2D eigenvalue weighted by molar-refractivity contribution is 6.02. The Hall–Kier alpha value is -2.55. The molecule has 1 saturated carbocycles. The fourth-order valence-corrected chi connectivity index (χ4v) is 4.43. The van der Waals surface area contributed by atoms with Crippen LogP contribution in [0, 0.1) is 12.3 Å². The van der Waals surface area contributed by atoms with E-state index in [1.54, 1.807) is 10.9 Å². The van der Waals surface area contributed by atoms with Crippen molar-refractivity contribution < 1.29 is 8.78 Å². The minimum absolute atomic E-state index is 0.103. The molecule has 3 aliphatic rings. The number of allylic oxidation sites excluding steroid dienone is 1. The van der Waals surface area contributed by atoms with Crippen LogP contribution in [0.4, 0.5) is 14.6 Å². The lowest BCUT2D eigenvalue weighted by molar-refractivity contribution is -0.148. The maximum atomic E-state index is 13.2. The molecule has 0 atom stereocenters. The number of piperidine rings is 1. The zero-order valence-electron chi connectivity index (χ0n) is 17.1. The van der Waals surface area contributed by atoms with Gasteiger partial charge >= 0.3 is 0 Å². The summed E-state index contributed by atoms with van der Waals surface area (Å²) in [6.45, 7) is 3.44. The first kappa shape index (κ1) is 19.4. The number of aryl methyl sites for hydroxylation is 1. The molecule has 4 heterocycles. The van der Waals surface area contributed by atoms with E-state index in [9.17, 15) is 8.78 Å². The minimum atomic E-state index is -2.51. The Morgan fingerprint density at radius 3 is 2.60 bits per heavy atom. The van der Waals surface area contributed by atoms with E-state index in [-0.39, 0.29) is 19.1 Å². The van der Waals surface area contributed by atoms with E-state index in [0.29, 0.717) is 11.7 Å². The van der Waals surface area contributed by atoms with Crippen LogP contribution in [0.25, 0.3) is 16.7 Å². The molecule has 1 aliphatic carbocycles. The lowest BCUT2D eigenvalue weighted by Gasteiger charge is -2.47. The molecule has 5 rings (SSSR count). The lowest BCUT2D eigenvalue weighted by atomic mass is 9.98. The zero-order chi connectivity index (χ0) is 20.9. The van der Waals surface area contributed by atoms with E-state index >= 15 is 0 Å². The van der Waals surface area contributed by atoms with Crippen molar-refractivity contribution in [2.24, 2.45) is 0 Å². The maximum absolute atomic E-state index is 13.2. The first-order valence-electron chi connectivity index (χ1n) is 10.6. The van der Waals surface area contributed by atoms with Crippen molar-refractivity contribution in [1.29, 1.82) is 5.41 Å². The van der Waals surface area contributed by atoms with Crippen molar-refractivity contribution >= 4 is 28.8 Å². The van der Waals surface area contributed by atoms with Gasteiger partial charge in [0.25, 0.3) is 5.92 Å². The number of fused-ring (bicyclic) bond motifs is 1. The fourth-order valence-electron chi connectivity index (χ4n) is 4.43. The van der Waals surface area contributed by atoms with Gasteiger partial charge in [-0.05, 0) is 44.2 Å². The van der Waals surface area contributed by atoms with E-state index in [2.05, 4.69) is 21.4 Å². The highest BCUT2D eigenvalue weighted by atomic mass is 19.3. The van der Waals surface area contributed by atoms with Crippen molar-refractivity contribution in [1.82, 2.24) is 25.0 Å². The standard InChI is InChI=1S/C21H27F2N7/c1-14-8-15-10-26-30(18(9-24)11-25-16-2-3-16)20(15)27-19(14)28-6-4-17(5-7-28)29-12-21(22,23)13-29/h8-11,16-17,24-25H,2-7,12-13H2,1H3/b18-11+,24-9?. The van der Waals surface area contributed by atoms with Gasteiger partial charge in [-0.15, -0.1) is 0 Å². The largest absolute Gasteiger partial charge is 0.386 e. The van der Waals surface area contributed by atoms with E-state index < -0.39 is 5.92 Å². The van der Waals surface area contributed by atoms with E-state index in [1.165, 1.54) is 6.21 Å². The number of halogens is 2. The second kappa shape index (κ2) is 7.30. The lowest BCUT2D eigenvalue weighted by Crippen LogP contribution is -2.61. The highest BCUT2D eigenvalue weighted by Crippen LogP contribution is 2.33. The van der Waals surface area contributed by atoms with Crippen LogP contribution in [0.2, 0.25) is 0 Å². The van der Waals surface area contributed by atoms with Gasteiger partial charge in [0, 0.05) is 43.0 Å². The van der Waals surface area contributed by atoms with Crippen LogP contribution >= 0.6 is 0 Å². The summed E-state index contributed by atoms with van der Waals surface area (Å²) < 4.78 is 28.1. The summed E-state index contributed by atoms with van der Waals surface area (Å²) in [5.74, 6) is -1.59. The van der Waals surface area contributed by atoms with Crippen molar-refractivity contribution in [3.05, 3.63) is 24.0 Å². The number of nitrogens with one attached hydrogen (secondary N) is 2. The predicted molar refractivity (Wildman–Crippen MR) is 113 cm³/mol. The van der Waals surface area contributed by atoms with Crippen LogP contribution in [0.15, 0.2) is 18.5 Å². The third-order valence-corrected chi connectivity index (χ3v) is 6.29. The number of rotatable bonds is 6. The zero-order valence-corrected chi connectivity index (χ0v) is 17.1. The normalized spacial score (nSPS) is 22.9. The van der Waals surface area contributed by atoms with Gasteiger partial charge in [0.1, 0.15) is 11.5 Å². The topological polar surface area (TPSA) is 73.1 Å². The van der Waals surface area contributed by atoms with Crippen LogP contribution in [-0.4, -0.2) is 70.1 Å². The second-order valence-electron chi connectivity index (χ2n) is 8.73.